The molecule has 0 aliphatic heterocycles. The number of alkyl halides is 6. The molecular weight excluding hydrogens is 302 g/mol. The summed E-state index contributed by atoms with van der Waals surface area (Å²) in [5, 5.41) is 11.9. The van der Waals surface area contributed by atoms with Crippen LogP contribution in [0.15, 0.2) is 0 Å². The molecule has 0 heterocycles. The third kappa shape index (κ3) is 7.52. The first kappa shape index (κ1) is 20.0. The minimum Gasteiger partial charge on any atom is -0.361 e. The Morgan fingerprint density at radius 3 is 1.90 bits per heavy atom. The molecule has 1 unspecified atom stereocenters. The van der Waals surface area contributed by atoms with Crippen LogP contribution < -0.4 is 5.32 Å². The second-order valence-electron chi connectivity index (χ2n) is 5.18. The minimum atomic E-state index is -5.51. The third-order valence-corrected chi connectivity index (χ3v) is 2.55. The van der Waals surface area contributed by atoms with E-state index in [0.717, 1.165) is 0 Å². The van der Waals surface area contributed by atoms with E-state index < -0.39 is 30.6 Å². The molecule has 9 heteroatoms. The lowest BCUT2D eigenvalue weighted by Gasteiger charge is -2.27. The summed E-state index contributed by atoms with van der Waals surface area (Å²) >= 11 is 0. The van der Waals surface area contributed by atoms with Crippen molar-refractivity contribution < 1.29 is 31.1 Å². The highest BCUT2D eigenvalue weighted by atomic mass is 19.4. The smallest absolute Gasteiger partial charge is 0.361 e. The van der Waals surface area contributed by atoms with E-state index in [2.05, 4.69) is 10.1 Å². The minimum absolute atomic E-state index is 0.0475. The lowest BCUT2D eigenvalue weighted by atomic mass is 9.97. The number of rotatable bonds is 7. The zero-order chi connectivity index (χ0) is 16.9. The fourth-order valence-electron chi connectivity index (χ4n) is 1.80. The maximum absolute atomic E-state index is 12.2. The number of halogens is 6. The summed E-state index contributed by atoms with van der Waals surface area (Å²) in [6.45, 7) is 4.34. The number of nitriles is 1. The zero-order valence-corrected chi connectivity index (χ0v) is 11.9. The maximum Gasteiger partial charge on any atom is 0.423 e. The molecule has 3 nitrogen and oxygen atoms in total. The van der Waals surface area contributed by atoms with Crippen LogP contribution in [-0.4, -0.2) is 36.6 Å². The Morgan fingerprint density at radius 2 is 1.57 bits per heavy atom. The van der Waals surface area contributed by atoms with Gasteiger partial charge in [0.05, 0.1) is 6.07 Å². The van der Waals surface area contributed by atoms with Gasteiger partial charge in [-0.25, -0.2) is 0 Å². The summed E-state index contributed by atoms with van der Waals surface area (Å²) in [5.41, 5.74) is -1.02. The summed E-state index contributed by atoms with van der Waals surface area (Å²) in [5.74, 6) is 0. The molecule has 0 saturated heterocycles. The number of ether oxygens (including phenoxy) is 1. The van der Waals surface area contributed by atoms with E-state index in [-0.39, 0.29) is 18.9 Å². The Balaban J connectivity index is 4.45. The van der Waals surface area contributed by atoms with Crippen molar-refractivity contribution in [3.05, 3.63) is 0 Å². The molecule has 0 bridgehead atoms. The van der Waals surface area contributed by atoms with Gasteiger partial charge in [0.2, 0.25) is 6.10 Å². The van der Waals surface area contributed by atoms with Gasteiger partial charge in [0.15, 0.2) is 0 Å². The van der Waals surface area contributed by atoms with Gasteiger partial charge in [0, 0.05) is 12.6 Å². The predicted molar refractivity (Wildman–Crippen MR) is 63.4 cm³/mol. The zero-order valence-electron chi connectivity index (χ0n) is 11.9. The first-order valence-corrected chi connectivity index (χ1v) is 6.26. The lowest BCUT2D eigenvalue weighted by molar-refractivity contribution is -0.321. The van der Waals surface area contributed by atoms with Crippen LogP contribution in [-0.2, 0) is 4.74 Å². The Bertz CT molecular complexity index is 346. The molecule has 0 amide bonds. The first-order chi connectivity index (χ1) is 9.32. The van der Waals surface area contributed by atoms with Gasteiger partial charge in [-0.3, -0.25) is 5.32 Å². The number of nitrogens with zero attached hydrogens (tertiary/aromatic N) is 1. The SMILES string of the molecule is CC(C)NC(C)(C#N)CCCOC(C(F)(F)F)C(F)(F)F. The van der Waals surface area contributed by atoms with Crippen molar-refractivity contribution >= 4 is 0 Å². The normalized spacial score (nSPS) is 16.1. The quantitative estimate of drug-likeness (QED) is 0.576. The van der Waals surface area contributed by atoms with Gasteiger partial charge in [0.1, 0.15) is 5.54 Å². The predicted octanol–water partition coefficient (Wildman–Crippen LogP) is 3.56. The van der Waals surface area contributed by atoms with Crippen molar-refractivity contribution in [2.45, 2.75) is 63.7 Å². The second-order valence-corrected chi connectivity index (χ2v) is 5.18. The Hall–Kier alpha value is -1.01. The molecule has 124 valence electrons. The monoisotopic (exact) mass is 320 g/mol. The van der Waals surface area contributed by atoms with Crippen LogP contribution in [0, 0.1) is 11.3 Å². The molecule has 0 rings (SSSR count). The van der Waals surface area contributed by atoms with Crippen molar-refractivity contribution in [3.63, 3.8) is 0 Å². The molecule has 0 aromatic heterocycles. The molecule has 21 heavy (non-hydrogen) atoms. The third-order valence-electron chi connectivity index (χ3n) is 2.55. The molecule has 1 N–H and O–H groups in total. The van der Waals surface area contributed by atoms with Gasteiger partial charge >= 0.3 is 12.4 Å². The van der Waals surface area contributed by atoms with Crippen molar-refractivity contribution in [2.75, 3.05) is 6.61 Å². The Kier molecular flexibility index (Phi) is 6.96. The molecule has 0 aromatic carbocycles. The standard InChI is InChI=1S/C12H18F6N2O/c1-8(2)20-10(3,7-19)5-4-6-21-9(11(13,14)15)12(16,17)18/h8-9,20H,4-6H2,1-3H3. The molecule has 0 spiro atoms. The molecule has 0 radical (unpaired) electrons. The van der Waals surface area contributed by atoms with Crippen LogP contribution in [0.2, 0.25) is 0 Å². The summed E-state index contributed by atoms with van der Waals surface area (Å²) in [4.78, 5) is 0. The van der Waals surface area contributed by atoms with E-state index in [1.54, 1.807) is 13.8 Å². The summed E-state index contributed by atoms with van der Waals surface area (Å²) < 4.78 is 77.2. The molecule has 1 atom stereocenters. The number of hydrogen-bond donors (Lipinski definition) is 1. The summed E-state index contributed by atoms with van der Waals surface area (Å²) in [7, 11) is 0. The highest BCUT2D eigenvalue weighted by Crippen LogP contribution is 2.35. The summed E-state index contributed by atoms with van der Waals surface area (Å²) in [6.07, 6.45) is -14.8. The van der Waals surface area contributed by atoms with Crippen molar-refractivity contribution in [3.8, 4) is 6.07 Å². The van der Waals surface area contributed by atoms with Crippen molar-refractivity contribution in [1.82, 2.24) is 5.32 Å². The van der Waals surface area contributed by atoms with Crippen LogP contribution in [0.4, 0.5) is 26.3 Å². The van der Waals surface area contributed by atoms with E-state index in [0.29, 0.717) is 0 Å². The van der Waals surface area contributed by atoms with Gasteiger partial charge in [-0.2, -0.15) is 31.6 Å². The molecule has 0 fully saturated rings. The highest BCUT2D eigenvalue weighted by Gasteiger charge is 2.57. The largest absolute Gasteiger partial charge is 0.423 e. The second kappa shape index (κ2) is 7.31. The Labute approximate surface area is 119 Å². The van der Waals surface area contributed by atoms with E-state index >= 15 is 0 Å². The summed E-state index contributed by atoms with van der Waals surface area (Å²) in [6, 6.07) is 1.90. The van der Waals surface area contributed by atoms with E-state index in [1.165, 1.54) is 6.92 Å². The molecule has 0 saturated carbocycles. The topological polar surface area (TPSA) is 45.0 Å². The van der Waals surface area contributed by atoms with Crippen molar-refractivity contribution in [2.24, 2.45) is 0 Å². The van der Waals surface area contributed by atoms with E-state index in [1.807, 2.05) is 6.07 Å². The first-order valence-electron chi connectivity index (χ1n) is 6.26. The molecule has 0 aliphatic carbocycles. The average Bonchev–Trinajstić information content (AvgIpc) is 2.24. The molecular formula is C12H18F6N2O. The van der Waals surface area contributed by atoms with Gasteiger partial charge in [-0.1, -0.05) is 0 Å². The highest BCUT2D eigenvalue weighted by molar-refractivity contribution is 5.04. The van der Waals surface area contributed by atoms with Gasteiger partial charge in [-0.05, 0) is 33.6 Å². The number of nitrogens with one attached hydrogen (secondary N) is 1. The average molecular weight is 320 g/mol. The van der Waals surface area contributed by atoms with Gasteiger partial charge in [-0.15, -0.1) is 0 Å². The van der Waals surface area contributed by atoms with Crippen molar-refractivity contribution in [1.29, 1.82) is 5.26 Å². The van der Waals surface area contributed by atoms with Crippen LogP contribution in [0.3, 0.4) is 0 Å². The van der Waals surface area contributed by atoms with E-state index in [4.69, 9.17) is 5.26 Å². The number of hydrogen-bond acceptors (Lipinski definition) is 3. The molecule has 0 aromatic rings. The van der Waals surface area contributed by atoms with Crippen LogP contribution in [0.5, 0.6) is 0 Å². The van der Waals surface area contributed by atoms with E-state index in [9.17, 15) is 26.3 Å². The molecule has 0 aliphatic rings. The fraction of sp³-hybridized carbons (Fsp3) is 0.917. The van der Waals surface area contributed by atoms with Gasteiger partial charge < -0.3 is 4.74 Å². The van der Waals surface area contributed by atoms with Crippen LogP contribution in [0.1, 0.15) is 33.6 Å². The van der Waals surface area contributed by atoms with Crippen LogP contribution in [0.25, 0.3) is 0 Å². The fourth-order valence-corrected chi connectivity index (χ4v) is 1.80. The Morgan fingerprint density at radius 1 is 1.10 bits per heavy atom. The van der Waals surface area contributed by atoms with Crippen LogP contribution >= 0.6 is 0 Å². The lowest BCUT2D eigenvalue weighted by Crippen LogP contribution is -2.46. The maximum atomic E-state index is 12.2. The van der Waals surface area contributed by atoms with Gasteiger partial charge in [0.25, 0.3) is 0 Å².